The minimum atomic E-state index is 0.636. The summed E-state index contributed by atoms with van der Waals surface area (Å²) in [5.41, 5.74) is 0. The van der Waals surface area contributed by atoms with Crippen molar-refractivity contribution in [2.45, 2.75) is 70.1 Å². The van der Waals surface area contributed by atoms with E-state index in [9.17, 15) is 0 Å². The molecule has 0 bridgehead atoms. The van der Waals surface area contributed by atoms with Crippen LogP contribution in [0.1, 0.15) is 75.4 Å². The van der Waals surface area contributed by atoms with Crippen LogP contribution in [0.25, 0.3) is 0 Å². The zero-order chi connectivity index (χ0) is 11.5. The Morgan fingerprint density at radius 1 is 0.941 bits per heavy atom. The summed E-state index contributed by atoms with van der Waals surface area (Å²) in [7, 11) is 0. The minimum absolute atomic E-state index is 0.636. The number of hydrogen-bond donors (Lipinski definition) is 1. The van der Waals surface area contributed by atoms with Gasteiger partial charge in [-0.15, -0.1) is 0 Å². The molecule has 0 radical (unpaired) electrons. The maximum atomic E-state index is 4.73. The van der Waals surface area contributed by atoms with Crippen LogP contribution in [-0.2, 0) is 6.42 Å². The van der Waals surface area contributed by atoms with Crippen molar-refractivity contribution in [2.75, 3.05) is 0 Å². The summed E-state index contributed by atoms with van der Waals surface area (Å²) >= 11 is 0. The fourth-order valence-electron chi connectivity index (χ4n) is 3.43. The first-order valence-corrected chi connectivity index (χ1v) is 7.33. The summed E-state index contributed by atoms with van der Waals surface area (Å²) in [5, 5.41) is 7.61. The van der Waals surface area contributed by atoms with Crippen LogP contribution in [0.2, 0.25) is 0 Å². The average molecular weight is 233 g/mol. The fourth-order valence-corrected chi connectivity index (χ4v) is 3.43. The van der Waals surface area contributed by atoms with Crippen LogP contribution in [0.3, 0.4) is 0 Å². The van der Waals surface area contributed by atoms with Gasteiger partial charge in [-0.3, -0.25) is 5.10 Å². The number of rotatable bonds is 3. The van der Waals surface area contributed by atoms with Crippen LogP contribution in [-0.4, -0.2) is 15.2 Å². The van der Waals surface area contributed by atoms with Crippen molar-refractivity contribution in [3.8, 4) is 0 Å². The van der Waals surface area contributed by atoms with Crippen LogP contribution in [0, 0.1) is 5.92 Å². The Morgan fingerprint density at radius 3 is 2.41 bits per heavy atom. The molecule has 2 aliphatic carbocycles. The molecule has 3 rings (SSSR count). The Kier molecular flexibility index (Phi) is 3.44. The molecule has 3 nitrogen and oxygen atoms in total. The lowest BCUT2D eigenvalue weighted by molar-refractivity contribution is 0.429. The largest absolute Gasteiger partial charge is 0.263 e. The van der Waals surface area contributed by atoms with Gasteiger partial charge in [0, 0.05) is 12.3 Å². The molecule has 17 heavy (non-hydrogen) atoms. The zero-order valence-electron chi connectivity index (χ0n) is 10.6. The predicted octanol–water partition coefficient (Wildman–Crippen LogP) is 3.59. The SMILES string of the molecule is C1CCC(c2n[nH]c(CC3CCCC3)n2)CC1. The highest BCUT2D eigenvalue weighted by molar-refractivity contribution is 5.00. The quantitative estimate of drug-likeness (QED) is 0.867. The first kappa shape index (κ1) is 11.2. The number of H-pyrrole nitrogens is 1. The molecular formula is C14H23N3. The second-order valence-corrected chi connectivity index (χ2v) is 5.83. The Bertz CT molecular complexity index is 346. The lowest BCUT2D eigenvalue weighted by atomic mass is 9.89. The first-order valence-electron chi connectivity index (χ1n) is 7.33. The molecule has 0 amide bonds. The molecule has 1 N–H and O–H groups in total. The van der Waals surface area contributed by atoms with Gasteiger partial charge in [-0.1, -0.05) is 44.9 Å². The van der Waals surface area contributed by atoms with Crippen molar-refractivity contribution in [3.05, 3.63) is 11.6 Å². The topological polar surface area (TPSA) is 41.6 Å². The van der Waals surface area contributed by atoms with Crippen LogP contribution in [0.5, 0.6) is 0 Å². The minimum Gasteiger partial charge on any atom is -0.263 e. The van der Waals surface area contributed by atoms with Gasteiger partial charge >= 0.3 is 0 Å². The van der Waals surface area contributed by atoms with E-state index in [2.05, 4.69) is 10.2 Å². The van der Waals surface area contributed by atoms with Gasteiger partial charge in [0.2, 0.25) is 0 Å². The van der Waals surface area contributed by atoms with Crippen LogP contribution < -0.4 is 0 Å². The van der Waals surface area contributed by atoms with Gasteiger partial charge in [0.25, 0.3) is 0 Å². The number of nitrogens with zero attached hydrogens (tertiary/aromatic N) is 2. The normalized spacial score (nSPS) is 23.3. The monoisotopic (exact) mass is 233 g/mol. The second kappa shape index (κ2) is 5.19. The molecule has 2 saturated carbocycles. The van der Waals surface area contributed by atoms with E-state index >= 15 is 0 Å². The zero-order valence-corrected chi connectivity index (χ0v) is 10.6. The number of hydrogen-bond acceptors (Lipinski definition) is 2. The number of aromatic nitrogens is 3. The van der Waals surface area contributed by atoms with E-state index in [1.165, 1.54) is 57.8 Å². The molecule has 3 heteroatoms. The van der Waals surface area contributed by atoms with E-state index in [-0.39, 0.29) is 0 Å². The summed E-state index contributed by atoms with van der Waals surface area (Å²) in [4.78, 5) is 4.73. The van der Waals surface area contributed by atoms with Gasteiger partial charge in [-0.2, -0.15) is 5.10 Å². The molecule has 0 aromatic carbocycles. The molecule has 1 aromatic rings. The molecule has 0 saturated heterocycles. The van der Waals surface area contributed by atoms with Crippen molar-refractivity contribution in [3.63, 3.8) is 0 Å². The van der Waals surface area contributed by atoms with E-state index in [4.69, 9.17) is 4.98 Å². The smallest absolute Gasteiger partial charge is 0.153 e. The van der Waals surface area contributed by atoms with E-state index in [0.717, 1.165) is 24.0 Å². The third-order valence-electron chi connectivity index (χ3n) is 4.48. The highest BCUT2D eigenvalue weighted by atomic mass is 15.2. The summed E-state index contributed by atoms with van der Waals surface area (Å²) in [6, 6.07) is 0. The Hall–Kier alpha value is -0.860. The van der Waals surface area contributed by atoms with Crippen molar-refractivity contribution in [1.29, 1.82) is 0 Å². The van der Waals surface area contributed by atoms with Crippen molar-refractivity contribution < 1.29 is 0 Å². The third kappa shape index (κ3) is 2.70. The highest BCUT2D eigenvalue weighted by Crippen LogP contribution is 2.31. The highest BCUT2D eigenvalue weighted by Gasteiger charge is 2.21. The maximum Gasteiger partial charge on any atom is 0.153 e. The molecular weight excluding hydrogens is 210 g/mol. The predicted molar refractivity (Wildman–Crippen MR) is 67.9 cm³/mol. The Balaban J connectivity index is 1.60. The van der Waals surface area contributed by atoms with Gasteiger partial charge in [0.15, 0.2) is 5.82 Å². The van der Waals surface area contributed by atoms with Crippen molar-refractivity contribution in [2.24, 2.45) is 5.92 Å². The summed E-state index contributed by atoms with van der Waals surface area (Å²) < 4.78 is 0. The van der Waals surface area contributed by atoms with Crippen LogP contribution in [0.15, 0.2) is 0 Å². The average Bonchev–Trinajstić information content (AvgIpc) is 3.02. The van der Waals surface area contributed by atoms with E-state index in [0.29, 0.717) is 5.92 Å². The van der Waals surface area contributed by atoms with E-state index in [1.54, 1.807) is 0 Å². The van der Waals surface area contributed by atoms with Crippen molar-refractivity contribution >= 4 is 0 Å². The van der Waals surface area contributed by atoms with E-state index in [1.807, 2.05) is 0 Å². The van der Waals surface area contributed by atoms with Crippen molar-refractivity contribution in [1.82, 2.24) is 15.2 Å². The first-order chi connectivity index (χ1) is 8.42. The van der Waals surface area contributed by atoms with Gasteiger partial charge < -0.3 is 0 Å². The lowest BCUT2D eigenvalue weighted by Crippen LogP contribution is -2.06. The molecule has 2 aliphatic rings. The summed E-state index contributed by atoms with van der Waals surface area (Å²) in [5.74, 6) is 3.73. The molecule has 94 valence electrons. The summed E-state index contributed by atoms with van der Waals surface area (Å²) in [6.45, 7) is 0. The van der Waals surface area contributed by atoms with Gasteiger partial charge in [-0.25, -0.2) is 4.98 Å². The second-order valence-electron chi connectivity index (χ2n) is 5.83. The standard InChI is InChI=1S/C14H23N3/c1-2-8-12(9-3-1)14-15-13(16-17-14)10-11-6-4-5-7-11/h11-12H,1-10H2,(H,15,16,17). The summed E-state index contributed by atoms with van der Waals surface area (Å²) in [6.07, 6.45) is 13.4. The lowest BCUT2D eigenvalue weighted by Gasteiger charge is -2.18. The number of nitrogens with one attached hydrogen (secondary N) is 1. The molecule has 1 heterocycles. The molecule has 0 unspecified atom stereocenters. The molecule has 1 aromatic heterocycles. The fraction of sp³-hybridized carbons (Fsp3) is 0.857. The molecule has 0 atom stereocenters. The Morgan fingerprint density at radius 2 is 1.65 bits per heavy atom. The van der Waals surface area contributed by atoms with Gasteiger partial charge in [0.05, 0.1) is 0 Å². The van der Waals surface area contributed by atoms with Crippen LogP contribution in [0.4, 0.5) is 0 Å². The van der Waals surface area contributed by atoms with E-state index < -0.39 is 0 Å². The van der Waals surface area contributed by atoms with Gasteiger partial charge in [0.1, 0.15) is 5.82 Å². The molecule has 0 aliphatic heterocycles. The van der Waals surface area contributed by atoms with Crippen LogP contribution >= 0.6 is 0 Å². The number of aromatic amines is 1. The molecule has 2 fully saturated rings. The third-order valence-corrected chi connectivity index (χ3v) is 4.48. The van der Waals surface area contributed by atoms with Gasteiger partial charge in [-0.05, 0) is 18.8 Å². The maximum absolute atomic E-state index is 4.73. The molecule has 0 spiro atoms. The Labute approximate surface area is 103 Å².